The molecule has 96 valence electrons. The molecule has 0 radical (unpaired) electrons. The standard InChI is InChI=1S/C14H31NSi/c1-7-11-16(9-3,12-8-2)13-10-14(4)15(5)6/h10H,7-9,11-13H2,1-6H3. The van der Waals surface area contributed by atoms with E-state index in [0.29, 0.717) is 0 Å². The summed E-state index contributed by atoms with van der Waals surface area (Å²) in [6, 6.07) is 5.85. The molecule has 0 spiro atoms. The van der Waals surface area contributed by atoms with Gasteiger partial charge < -0.3 is 4.90 Å². The van der Waals surface area contributed by atoms with E-state index in [-0.39, 0.29) is 0 Å². The SMILES string of the molecule is CCC[Si](CC)(CC=C(C)N(C)C)CCC. The van der Waals surface area contributed by atoms with Crippen molar-refractivity contribution in [1.29, 1.82) is 0 Å². The summed E-state index contributed by atoms with van der Waals surface area (Å²) >= 11 is 0. The van der Waals surface area contributed by atoms with Crippen molar-refractivity contribution in [2.45, 2.75) is 64.7 Å². The summed E-state index contributed by atoms with van der Waals surface area (Å²) in [6.07, 6.45) is 5.23. The van der Waals surface area contributed by atoms with Crippen molar-refractivity contribution in [3.63, 3.8) is 0 Å². The minimum atomic E-state index is -0.981. The summed E-state index contributed by atoms with van der Waals surface area (Å²) in [7, 11) is 3.30. The van der Waals surface area contributed by atoms with Gasteiger partial charge in [-0.15, -0.1) is 0 Å². The summed E-state index contributed by atoms with van der Waals surface area (Å²) in [5.74, 6) is 0. The molecule has 0 rings (SSSR count). The lowest BCUT2D eigenvalue weighted by atomic mass is 10.4. The first-order valence-corrected chi connectivity index (χ1v) is 9.68. The molecule has 0 saturated heterocycles. The van der Waals surface area contributed by atoms with Gasteiger partial charge in [0.15, 0.2) is 0 Å². The summed E-state index contributed by atoms with van der Waals surface area (Å²) < 4.78 is 0. The van der Waals surface area contributed by atoms with Crippen LogP contribution in [0.25, 0.3) is 0 Å². The quantitative estimate of drug-likeness (QED) is 0.555. The Balaban J connectivity index is 4.57. The highest BCUT2D eigenvalue weighted by molar-refractivity contribution is 6.80. The van der Waals surface area contributed by atoms with E-state index in [1.807, 2.05) is 0 Å². The Morgan fingerprint density at radius 2 is 1.56 bits per heavy atom. The van der Waals surface area contributed by atoms with E-state index < -0.39 is 8.07 Å². The maximum atomic E-state index is 2.49. The molecule has 0 unspecified atom stereocenters. The molecule has 0 aromatic heterocycles. The molecule has 0 aromatic carbocycles. The van der Waals surface area contributed by atoms with Crippen LogP contribution < -0.4 is 0 Å². The fraction of sp³-hybridized carbons (Fsp3) is 0.857. The van der Waals surface area contributed by atoms with E-state index in [1.54, 1.807) is 0 Å². The van der Waals surface area contributed by atoms with Crippen LogP contribution in [0.3, 0.4) is 0 Å². The highest BCUT2D eigenvalue weighted by atomic mass is 28.3. The Morgan fingerprint density at radius 1 is 1.06 bits per heavy atom. The average molecular weight is 241 g/mol. The zero-order valence-electron chi connectivity index (χ0n) is 12.3. The van der Waals surface area contributed by atoms with Crippen LogP contribution in [0.5, 0.6) is 0 Å². The van der Waals surface area contributed by atoms with Crippen molar-refractivity contribution < 1.29 is 0 Å². The van der Waals surface area contributed by atoms with Gasteiger partial charge in [0.2, 0.25) is 0 Å². The van der Waals surface area contributed by atoms with Crippen LogP contribution in [0.2, 0.25) is 24.2 Å². The molecule has 0 fully saturated rings. The number of nitrogens with zero attached hydrogens (tertiary/aromatic N) is 1. The zero-order valence-corrected chi connectivity index (χ0v) is 13.3. The smallest absolute Gasteiger partial charge is 0.0571 e. The molecule has 0 amide bonds. The van der Waals surface area contributed by atoms with E-state index >= 15 is 0 Å². The predicted octanol–water partition coefficient (Wildman–Crippen LogP) is 4.74. The molecule has 0 atom stereocenters. The minimum Gasteiger partial charge on any atom is -0.381 e. The monoisotopic (exact) mass is 241 g/mol. The van der Waals surface area contributed by atoms with Crippen LogP contribution in [0.15, 0.2) is 11.8 Å². The fourth-order valence-corrected chi connectivity index (χ4v) is 6.94. The molecule has 16 heavy (non-hydrogen) atoms. The first-order valence-electron chi connectivity index (χ1n) is 6.85. The maximum Gasteiger partial charge on any atom is 0.0571 e. The second-order valence-electron chi connectivity index (χ2n) is 5.30. The lowest BCUT2D eigenvalue weighted by Gasteiger charge is -2.29. The molecule has 0 bridgehead atoms. The molecule has 0 aliphatic rings. The van der Waals surface area contributed by atoms with Crippen molar-refractivity contribution in [2.75, 3.05) is 14.1 Å². The van der Waals surface area contributed by atoms with Crippen LogP contribution in [-0.4, -0.2) is 27.1 Å². The van der Waals surface area contributed by atoms with Crippen LogP contribution in [0.1, 0.15) is 40.5 Å². The number of hydrogen-bond donors (Lipinski definition) is 0. The van der Waals surface area contributed by atoms with Crippen molar-refractivity contribution in [2.24, 2.45) is 0 Å². The summed E-state index contributed by atoms with van der Waals surface area (Å²) in [5.41, 5.74) is 1.43. The molecular weight excluding hydrogens is 210 g/mol. The van der Waals surface area contributed by atoms with Crippen LogP contribution in [-0.2, 0) is 0 Å². The zero-order chi connectivity index (χ0) is 12.6. The topological polar surface area (TPSA) is 3.24 Å². The average Bonchev–Trinajstić information content (AvgIpc) is 2.25. The van der Waals surface area contributed by atoms with Gasteiger partial charge in [-0.1, -0.05) is 57.8 Å². The van der Waals surface area contributed by atoms with Gasteiger partial charge in [0, 0.05) is 19.8 Å². The van der Waals surface area contributed by atoms with Crippen molar-refractivity contribution in [1.82, 2.24) is 4.90 Å². The lowest BCUT2D eigenvalue weighted by molar-refractivity contribution is 0.512. The molecule has 2 heteroatoms. The Kier molecular flexibility index (Phi) is 7.82. The van der Waals surface area contributed by atoms with Crippen LogP contribution >= 0.6 is 0 Å². The van der Waals surface area contributed by atoms with E-state index in [4.69, 9.17) is 0 Å². The summed E-state index contributed by atoms with van der Waals surface area (Å²) in [4.78, 5) is 2.23. The third kappa shape index (κ3) is 5.20. The van der Waals surface area contributed by atoms with Crippen LogP contribution in [0, 0.1) is 0 Å². The Labute approximate surface area is 104 Å². The first-order chi connectivity index (χ1) is 7.51. The van der Waals surface area contributed by atoms with Crippen molar-refractivity contribution in [3.8, 4) is 0 Å². The van der Waals surface area contributed by atoms with Gasteiger partial charge in [0.25, 0.3) is 0 Å². The third-order valence-corrected chi connectivity index (χ3v) is 9.54. The Morgan fingerprint density at radius 3 is 1.88 bits per heavy atom. The normalized spacial score (nSPS) is 13.0. The van der Waals surface area contributed by atoms with Crippen molar-refractivity contribution in [3.05, 3.63) is 11.8 Å². The minimum absolute atomic E-state index is 0.981. The number of rotatable bonds is 8. The molecular formula is C14H31NSi. The molecule has 0 N–H and O–H groups in total. The van der Waals surface area contributed by atoms with Gasteiger partial charge in [-0.2, -0.15) is 0 Å². The highest BCUT2D eigenvalue weighted by Crippen LogP contribution is 2.29. The maximum absolute atomic E-state index is 2.49. The van der Waals surface area contributed by atoms with E-state index in [2.05, 4.69) is 52.8 Å². The molecule has 0 aliphatic heterocycles. The lowest BCUT2D eigenvalue weighted by Crippen LogP contribution is -2.32. The molecule has 0 heterocycles. The van der Waals surface area contributed by atoms with Crippen molar-refractivity contribution >= 4 is 8.07 Å². The predicted molar refractivity (Wildman–Crippen MR) is 78.7 cm³/mol. The Bertz CT molecular complexity index is 203. The second-order valence-corrected chi connectivity index (χ2v) is 10.4. The Hall–Kier alpha value is -0.243. The van der Waals surface area contributed by atoms with Gasteiger partial charge >= 0.3 is 0 Å². The fourth-order valence-electron chi connectivity index (χ4n) is 2.43. The van der Waals surface area contributed by atoms with E-state index in [9.17, 15) is 0 Å². The first kappa shape index (κ1) is 15.8. The van der Waals surface area contributed by atoms with Crippen LogP contribution in [0.4, 0.5) is 0 Å². The van der Waals surface area contributed by atoms with Gasteiger partial charge in [0.05, 0.1) is 8.07 Å². The molecule has 0 aliphatic carbocycles. The van der Waals surface area contributed by atoms with Gasteiger partial charge in [0.1, 0.15) is 0 Å². The third-order valence-electron chi connectivity index (χ3n) is 3.85. The molecule has 1 nitrogen and oxygen atoms in total. The summed E-state index contributed by atoms with van der Waals surface area (Å²) in [6.45, 7) is 9.33. The van der Waals surface area contributed by atoms with E-state index in [0.717, 1.165) is 0 Å². The number of allylic oxidation sites excluding steroid dienone is 2. The largest absolute Gasteiger partial charge is 0.381 e. The van der Waals surface area contributed by atoms with Gasteiger partial charge in [-0.05, 0) is 13.0 Å². The second kappa shape index (κ2) is 7.94. The molecule has 0 saturated carbocycles. The number of hydrogen-bond acceptors (Lipinski definition) is 1. The summed E-state index contributed by atoms with van der Waals surface area (Å²) in [5, 5.41) is 0. The molecule has 0 aromatic rings. The van der Waals surface area contributed by atoms with Gasteiger partial charge in [-0.3, -0.25) is 0 Å². The van der Waals surface area contributed by atoms with Gasteiger partial charge in [-0.25, -0.2) is 0 Å². The highest BCUT2D eigenvalue weighted by Gasteiger charge is 2.27. The van der Waals surface area contributed by atoms with E-state index in [1.165, 1.54) is 42.7 Å².